The van der Waals surface area contributed by atoms with E-state index >= 15 is 0 Å². The van der Waals surface area contributed by atoms with E-state index in [2.05, 4.69) is 5.32 Å². The molecule has 1 N–H and O–H groups in total. The summed E-state index contributed by atoms with van der Waals surface area (Å²) >= 11 is 0. The zero-order chi connectivity index (χ0) is 15.5. The van der Waals surface area contributed by atoms with Gasteiger partial charge in [0.1, 0.15) is 5.82 Å². The Morgan fingerprint density at radius 1 is 1.09 bits per heavy atom. The van der Waals surface area contributed by atoms with Gasteiger partial charge in [0, 0.05) is 18.8 Å². The highest BCUT2D eigenvalue weighted by Crippen LogP contribution is 2.16. The van der Waals surface area contributed by atoms with Crippen LogP contribution in [0.2, 0.25) is 0 Å². The zero-order valence-corrected chi connectivity index (χ0v) is 12.3. The van der Waals surface area contributed by atoms with E-state index in [1.165, 1.54) is 15.2 Å². The number of anilines is 1. The number of nitrogens with zero attached hydrogens (tertiary/aromatic N) is 2. The van der Waals surface area contributed by atoms with Crippen LogP contribution in [0.5, 0.6) is 0 Å². The van der Waals surface area contributed by atoms with Crippen molar-refractivity contribution in [2.24, 2.45) is 0 Å². The van der Waals surface area contributed by atoms with Gasteiger partial charge in [-0.3, -0.25) is 4.79 Å². The number of allylic oxidation sites excluding steroid dienone is 4. The lowest BCUT2D eigenvalue weighted by Crippen LogP contribution is -2.39. The van der Waals surface area contributed by atoms with Gasteiger partial charge in [-0.1, -0.05) is 30.4 Å². The Hall–Kier alpha value is -2.82. The number of rotatable bonds is 3. The monoisotopic (exact) mass is 295 g/mol. The molecule has 2 aromatic rings. The topological polar surface area (TPSA) is 56.0 Å². The van der Waals surface area contributed by atoms with Crippen LogP contribution in [0.4, 0.5) is 5.82 Å². The smallest absolute Gasteiger partial charge is 0.341 e. The van der Waals surface area contributed by atoms with Crippen molar-refractivity contribution in [2.45, 2.75) is 12.8 Å². The Balaban J connectivity index is 2.30. The Kier molecular flexibility index (Phi) is 3.78. The van der Waals surface area contributed by atoms with Crippen molar-refractivity contribution in [3.05, 3.63) is 75.5 Å². The first-order valence-corrected chi connectivity index (χ1v) is 7.21. The van der Waals surface area contributed by atoms with Gasteiger partial charge in [0.15, 0.2) is 0 Å². The molecule has 0 bridgehead atoms. The number of benzene rings is 1. The first-order valence-electron chi connectivity index (χ1n) is 7.21. The molecule has 1 aliphatic carbocycles. The predicted octanol–water partition coefficient (Wildman–Crippen LogP) is 2.23. The molecule has 0 saturated heterocycles. The number of hydrogen-bond donors (Lipinski definition) is 1. The summed E-state index contributed by atoms with van der Waals surface area (Å²) in [5.74, 6) is 0.476. The quantitative estimate of drug-likeness (QED) is 0.944. The Labute approximate surface area is 127 Å². The molecule has 22 heavy (non-hydrogen) atoms. The zero-order valence-electron chi connectivity index (χ0n) is 12.3. The van der Waals surface area contributed by atoms with Crippen LogP contribution < -0.4 is 16.6 Å². The van der Waals surface area contributed by atoms with Crippen LogP contribution in [-0.4, -0.2) is 16.2 Å². The largest absolute Gasteiger partial charge is 0.374 e. The maximum atomic E-state index is 12.9. The van der Waals surface area contributed by atoms with Crippen molar-refractivity contribution < 1.29 is 0 Å². The third kappa shape index (κ3) is 2.41. The average molecular weight is 295 g/mol. The lowest BCUT2D eigenvalue weighted by molar-refractivity contribution is 0.789. The second-order valence-electron chi connectivity index (χ2n) is 5.03. The van der Waals surface area contributed by atoms with E-state index in [0.717, 1.165) is 17.8 Å². The summed E-state index contributed by atoms with van der Waals surface area (Å²) in [6, 6.07) is 10.7. The minimum Gasteiger partial charge on any atom is -0.374 e. The molecule has 0 atom stereocenters. The van der Waals surface area contributed by atoms with E-state index in [1.807, 2.05) is 48.6 Å². The summed E-state index contributed by atoms with van der Waals surface area (Å²) in [5.41, 5.74) is 0.773. The highest BCUT2D eigenvalue weighted by molar-refractivity contribution is 5.52. The van der Waals surface area contributed by atoms with Crippen molar-refractivity contribution in [3.8, 4) is 5.69 Å². The summed E-state index contributed by atoms with van der Waals surface area (Å²) in [6.07, 6.45) is 7.23. The van der Waals surface area contributed by atoms with Gasteiger partial charge in [0.25, 0.3) is 5.56 Å². The number of aromatic nitrogens is 2. The third-order valence-corrected chi connectivity index (χ3v) is 3.65. The molecule has 1 aromatic carbocycles. The average Bonchev–Trinajstić information content (AvgIpc) is 2.56. The number of hydrogen-bond acceptors (Lipinski definition) is 3. The molecule has 0 amide bonds. The summed E-state index contributed by atoms with van der Waals surface area (Å²) in [7, 11) is 1.70. The van der Waals surface area contributed by atoms with Crippen molar-refractivity contribution in [3.63, 3.8) is 0 Å². The maximum absolute atomic E-state index is 12.9. The van der Waals surface area contributed by atoms with Crippen LogP contribution in [-0.2, 0) is 0 Å². The summed E-state index contributed by atoms with van der Waals surface area (Å²) in [5, 5.41) is 2.92. The summed E-state index contributed by atoms with van der Waals surface area (Å²) in [4.78, 5) is 25.2. The molecule has 5 heteroatoms. The molecule has 1 heterocycles. The first kappa shape index (κ1) is 14.1. The van der Waals surface area contributed by atoms with Crippen molar-refractivity contribution >= 4 is 11.5 Å². The van der Waals surface area contributed by atoms with Crippen LogP contribution in [0.15, 0.2) is 64.2 Å². The van der Waals surface area contributed by atoms with Gasteiger partial charge in [0.05, 0.1) is 5.69 Å². The normalized spacial score (nSPS) is 13.8. The molecule has 0 unspecified atom stereocenters. The van der Waals surface area contributed by atoms with Crippen LogP contribution in [0, 0.1) is 0 Å². The molecule has 112 valence electrons. The predicted molar refractivity (Wildman–Crippen MR) is 88.5 cm³/mol. The van der Waals surface area contributed by atoms with E-state index in [9.17, 15) is 9.59 Å². The summed E-state index contributed by atoms with van der Waals surface area (Å²) in [6.45, 7) is 0. The molecule has 0 spiro atoms. The van der Waals surface area contributed by atoms with E-state index in [0.29, 0.717) is 12.2 Å². The molecule has 1 aliphatic rings. The highest BCUT2D eigenvalue weighted by Gasteiger charge is 2.15. The van der Waals surface area contributed by atoms with Crippen LogP contribution in [0.3, 0.4) is 0 Å². The van der Waals surface area contributed by atoms with Crippen molar-refractivity contribution in [1.82, 2.24) is 9.13 Å². The van der Waals surface area contributed by atoms with E-state index in [4.69, 9.17) is 0 Å². The molecule has 0 fully saturated rings. The fourth-order valence-corrected chi connectivity index (χ4v) is 2.59. The van der Waals surface area contributed by atoms with Crippen LogP contribution >= 0.6 is 0 Å². The van der Waals surface area contributed by atoms with Crippen LogP contribution in [0.25, 0.3) is 11.4 Å². The Bertz CT molecular complexity index is 858. The van der Waals surface area contributed by atoms with Gasteiger partial charge in [-0.25, -0.2) is 13.9 Å². The van der Waals surface area contributed by atoms with E-state index in [1.54, 1.807) is 7.05 Å². The minimum atomic E-state index is -0.357. The van der Waals surface area contributed by atoms with E-state index < -0.39 is 0 Å². The maximum Gasteiger partial charge on any atom is 0.341 e. The second kappa shape index (κ2) is 5.89. The fraction of sp³-hybridized carbons (Fsp3) is 0.176. The SMILES string of the molecule is CNc1cc(=O)n(C2=CC=CCC2)c(=O)n1-c1ccccc1. The third-order valence-electron chi connectivity index (χ3n) is 3.65. The van der Waals surface area contributed by atoms with Gasteiger partial charge in [0.2, 0.25) is 0 Å². The van der Waals surface area contributed by atoms with Crippen LogP contribution in [0.1, 0.15) is 12.8 Å². The molecule has 1 aromatic heterocycles. The molecular weight excluding hydrogens is 278 g/mol. The lowest BCUT2D eigenvalue weighted by Gasteiger charge is -2.17. The number of nitrogens with one attached hydrogen (secondary N) is 1. The van der Waals surface area contributed by atoms with Gasteiger partial charge < -0.3 is 5.32 Å². The van der Waals surface area contributed by atoms with Crippen molar-refractivity contribution in [1.29, 1.82) is 0 Å². The molecule has 3 rings (SSSR count). The van der Waals surface area contributed by atoms with Gasteiger partial charge >= 0.3 is 5.69 Å². The summed E-state index contributed by atoms with van der Waals surface area (Å²) < 4.78 is 2.76. The lowest BCUT2D eigenvalue weighted by atomic mass is 10.1. The van der Waals surface area contributed by atoms with Crippen molar-refractivity contribution in [2.75, 3.05) is 12.4 Å². The fourth-order valence-electron chi connectivity index (χ4n) is 2.59. The second-order valence-corrected chi connectivity index (χ2v) is 5.03. The van der Waals surface area contributed by atoms with Gasteiger partial charge in [-0.15, -0.1) is 0 Å². The Morgan fingerprint density at radius 3 is 2.50 bits per heavy atom. The van der Waals surface area contributed by atoms with E-state index in [-0.39, 0.29) is 11.2 Å². The molecule has 0 aliphatic heterocycles. The standard InChI is InChI=1S/C17H17N3O2/c1-18-15-12-16(21)20(14-10-6-3-7-11-14)17(22)19(15)13-8-4-2-5-9-13/h2-6,8-10,12,18H,7,11H2,1H3. The van der Waals surface area contributed by atoms with Gasteiger partial charge in [-0.2, -0.15) is 0 Å². The first-order chi connectivity index (χ1) is 10.7. The molecular formula is C17H17N3O2. The number of para-hydroxylation sites is 1. The molecule has 0 radical (unpaired) electrons. The Morgan fingerprint density at radius 2 is 1.86 bits per heavy atom. The van der Waals surface area contributed by atoms with Gasteiger partial charge in [-0.05, 0) is 31.1 Å². The molecule has 0 saturated carbocycles. The highest BCUT2D eigenvalue weighted by atomic mass is 16.2. The molecule has 5 nitrogen and oxygen atoms in total. The minimum absolute atomic E-state index is 0.317.